The van der Waals surface area contributed by atoms with Crippen LogP contribution in [0.5, 0.6) is 0 Å². The highest BCUT2D eigenvalue weighted by atomic mass is 16.6. The fraction of sp³-hybridized carbons (Fsp3) is 0.643. The number of ether oxygens (including phenoxy) is 2. The average molecular weight is 269 g/mol. The molecular weight excluding hydrogens is 246 g/mol. The molecule has 0 radical (unpaired) electrons. The Kier molecular flexibility index (Phi) is 7.04. The largest absolute Gasteiger partial charge is 0.463 e. The van der Waals surface area contributed by atoms with Gasteiger partial charge in [0.15, 0.2) is 0 Å². The van der Waals surface area contributed by atoms with E-state index in [1.165, 1.54) is 12.2 Å². The molecule has 1 atom stereocenters. The van der Waals surface area contributed by atoms with Gasteiger partial charge in [-0.25, -0.2) is 9.59 Å². The van der Waals surface area contributed by atoms with Gasteiger partial charge in [0.2, 0.25) is 0 Å². The maximum absolute atomic E-state index is 11.7. The minimum absolute atomic E-state index is 0.155. The molecule has 108 valence electrons. The highest BCUT2D eigenvalue weighted by Crippen LogP contribution is 2.13. The third kappa shape index (κ3) is 7.39. The highest BCUT2D eigenvalue weighted by molar-refractivity contribution is 6.36. The summed E-state index contributed by atoms with van der Waals surface area (Å²) in [6.07, 6.45) is 3.29. The summed E-state index contributed by atoms with van der Waals surface area (Å²) >= 11 is 0. The third-order valence-electron chi connectivity index (χ3n) is 2.18. The van der Waals surface area contributed by atoms with Crippen molar-refractivity contribution >= 4 is 17.7 Å². The van der Waals surface area contributed by atoms with E-state index in [9.17, 15) is 9.59 Å². The van der Waals surface area contributed by atoms with Gasteiger partial charge < -0.3 is 9.47 Å². The van der Waals surface area contributed by atoms with Crippen molar-refractivity contribution < 1.29 is 19.1 Å². The minimum atomic E-state index is -0.659. The van der Waals surface area contributed by atoms with Gasteiger partial charge in [-0.3, -0.25) is 5.41 Å². The number of esters is 2. The zero-order valence-corrected chi connectivity index (χ0v) is 12.3. The summed E-state index contributed by atoms with van der Waals surface area (Å²) in [6.45, 7) is 9.07. The quantitative estimate of drug-likeness (QED) is 0.456. The number of nitrogens with one attached hydrogen (secondary N) is 1. The van der Waals surface area contributed by atoms with Crippen molar-refractivity contribution in [2.24, 2.45) is 5.92 Å². The number of rotatable bonds is 6. The lowest BCUT2D eigenvalue weighted by molar-refractivity contribution is -0.146. The van der Waals surface area contributed by atoms with Crippen LogP contribution in [0.1, 0.15) is 41.0 Å². The maximum Gasteiger partial charge on any atom is 0.353 e. The second kappa shape index (κ2) is 7.71. The summed E-state index contributed by atoms with van der Waals surface area (Å²) in [7, 11) is 0. The first-order chi connectivity index (χ1) is 8.71. The molecule has 0 heterocycles. The molecule has 1 N–H and O–H groups in total. The monoisotopic (exact) mass is 269 g/mol. The Balaban J connectivity index is 4.64. The summed E-state index contributed by atoms with van der Waals surface area (Å²) in [5, 5.41) is 7.80. The van der Waals surface area contributed by atoms with E-state index in [0.717, 1.165) is 0 Å². The average Bonchev–Trinajstić information content (AvgIpc) is 2.27. The standard InChI is InChI=1S/C14H23NO4/c1-6-10(8-9-11(16)18-7-2)12(15)13(17)19-14(3,4)5/h8-10,15H,6-7H2,1-5H3. The SMILES string of the molecule is CCOC(=O)C=CC(CC)C(=N)C(=O)OC(C)(C)C. The van der Waals surface area contributed by atoms with Crippen molar-refractivity contribution in [3.8, 4) is 0 Å². The first kappa shape index (κ1) is 17.4. The number of hydrogen-bond donors (Lipinski definition) is 1. The molecule has 5 heteroatoms. The van der Waals surface area contributed by atoms with E-state index in [1.807, 2.05) is 6.92 Å². The van der Waals surface area contributed by atoms with Crippen molar-refractivity contribution in [2.75, 3.05) is 6.61 Å². The molecule has 0 fully saturated rings. The van der Waals surface area contributed by atoms with Gasteiger partial charge in [0.1, 0.15) is 11.3 Å². The molecule has 0 aliphatic carbocycles. The second-order valence-corrected chi connectivity index (χ2v) is 5.04. The Morgan fingerprint density at radius 2 is 1.84 bits per heavy atom. The molecule has 0 spiro atoms. The molecule has 0 aliphatic heterocycles. The second-order valence-electron chi connectivity index (χ2n) is 5.04. The van der Waals surface area contributed by atoms with Crippen LogP contribution in [-0.2, 0) is 19.1 Å². The van der Waals surface area contributed by atoms with Crippen LogP contribution in [0.4, 0.5) is 0 Å². The summed E-state index contributed by atoms with van der Waals surface area (Å²) in [5.74, 6) is -1.58. The molecule has 5 nitrogen and oxygen atoms in total. The van der Waals surface area contributed by atoms with Crippen LogP contribution < -0.4 is 0 Å². The van der Waals surface area contributed by atoms with Gasteiger partial charge in [-0.1, -0.05) is 13.0 Å². The van der Waals surface area contributed by atoms with E-state index < -0.39 is 23.5 Å². The number of allylic oxidation sites excluding steroid dienone is 1. The summed E-state index contributed by atoms with van der Waals surface area (Å²) in [6, 6.07) is 0. The van der Waals surface area contributed by atoms with Crippen LogP contribution in [0.3, 0.4) is 0 Å². The summed E-state index contributed by atoms with van der Waals surface area (Å²) in [4.78, 5) is 22.9. The third-order valence-corrected chi connectivity index (χ3v) is 2.18. The van der Waals surface area contributed by atoms with Crippen LogP contribution in [0.2, 0.25) is 0 Å². The van der Waals surface area contributed by atoms with Crippen LogP contribution in [-0.4, -0.2) is 29.9 Å². The van der Waals surface area contributed by atoms with Gasteiger partial charge in [-0.2, -0.15) is 0 Å². The molecule has 0 bridgehead atoms. The maximum atomic E-state index is 11.7. The zero-order valence-electron chi connectivity index (χ0n) is 12.3. The fourth-order valence-corrected chi connectivity index (χ4v) is 1.31. The van der Waals surface area contributed by atoms with Crippen LogP contribution >= 0.6 is 0 Å². The van der Waals surface area contributed by atoms with Gasteiger partial charge in [0.05, 0.1) is 6.61 Å². The van der Waals surface area contributed by atoms with Crippen molar-refractivity contribution in [3.05, 3.63) is 12.2 Å². The van der Waals surface area contributed by atoms with Crippen LogP contribution in [0, 0.1) is 11.3 Å². The van der Waals surface area contributed by atoms with Gasteiger partial charge in [0, 0.05) is 12.0 Å². The van der Waals surface area contributed by atoms with E-state index in [2.05, 4.69) is 0 Å². The lowest BCUT2D eigenvalue weighted by atomic mass is 9.99. The molecule has 0 aromatic carbocycles. The molecule has 0 amide bonds. The Morgan fingerprint density at radius 1 is 1.26 bits per heavy atom. The Hall–Kier alpha value is -1.65. The van der Waals surface area contributed by atoms with Crippen molar-refractivity contribution in [1.29, 1.82) is 5.41 Å². The van der Waals surface area contributed by atoms with E-state index in [1.54, 1.807) is 27.7 Å². The summed E-state index contributed by atoms with van der Waals surface area (Å²) < 4.78 is 9.87. The highest BCUT2D eigenvalue weighted by Gasteiger charge is 2.24. The Labute approximate surface area is 114 Å². The van der Waals surface area contributed by atoms with Crippen molar-refractivity contribution in [3.63, 3.8) is 0 Å². The lowest BCUT2D eigenvalue weighted by Gasteiger charge is -2.21. The fourth-order valence-electron chi connectivity index (χ4n) is 1.31. The van der Waals surface area contributed by atoms with E-state index in [0.29, 0.717) is 13.0 Å². The first-order valence-corrected chi connectivity index (χ1v) is 6.38. The molecule has 0 saturated carbocycles. The van der Waals surface area contributed by atoms with E-state index in [-0.39, 0.29) is 5.71 Å². The molecule has 19 heavy (non-hydrogen) atoms. The Morgan fingerprint density at radius 3 is 2.26 bits per heavy atom. The molecule has 0 aliphatic rings. The number of hydrogen-bond acceptors (Lipinski definition) is 5. The van der Waals surface area contributed by atoms with Crippen molar-refractivity contribution in [2.45, 2.75) is 46.6 Å². The molecule has 1 unspecified atom stereocenters. The van der Waals surface area contributed by atoms with Crippen molar-refractivity contribution in [1.82, 2.24) is 0 Å². The van der Waals surface area contributed by atoms with Gasteiger partial charge >= 0.3 is 11.9 Å². The zero-order chi connectivity index (χ0) is 15.1. The predicted molar refractivity (Wildman–Crippen MR) is 73.1 cm³/mol. The number of carbonyl (C=O) groups is 2. The Bertz CT molecular complexity index is 366. The van der Waals surface area contributed by atoms with Crippen LogP contribution in [0.25, 0.3) is 0 Å². The smallest absolute Gasteiger partial charge is 0.353 e. The van der Waals surface area contributed by atoms with E-state index in [4.69, 9.17) is 14.9 Å². The van der Waals surface area contributed by atoms with Gasteiger partial charge in [-0.05, 0) is 34.1 Å². The van der Waals surface area contributed by atoms with Gasteiger partial charge in [0.25, 0.3) is 0 Å². The molecule has 0 rings (SSSR count). The normalized spacial score (nSPS) is 13.1. The molecular formula is C14H23NO4. The number of carbonyl (C=O) groups excluding carboxylic acids is 2. The lowest BCUT2D eigenvalue weighted by Crippen LogP contribution is -2.31. The topological polar surface area (TPSA) is 76.5 Å². The predicted octanol–water partition coefficient (Wildman–Crippen LogP) is 2.49. The first-order valence-electron chi connectivity index (χ1n) is 6.38. The molecule has 0 aromatic rings. The molecule has 0 aromatic heterocycles. The molecule has 0 saturated heterocycles. The van der Waals surface area contributed by atoms with Crippen LogP contribution in [0.15, 0.2) is 12.2 Å². The summed E-state index contributed by atoms with van der Waals surface area (Å²) in [5.41, 5.74) is -0.787. The van der Waals surface area contributed by atoms with Gasteiger partial charge in [-0.15, -0.1) is 0 Å². The minimum Gasteiger partial charge on any atom is -0.463 e. The van der Waals surface area contributed by atoms with E-state index >= 15 is 0 Å².